The number of thioether (sulfide) groups is 1. The Labute approximate surface area is 160 Å². The second kappa shape index (κ2) is 7.26. The molecule has 4 rings (SSSR count). The van der Waals surface area contributed by atoms with E-state index in [1.54, 1.807) is 22.3 Å². The van der Waals surface area contributed by atoms with E-state index in [1.165, 1.54) is 18.5 Å². The molecular formula is C19H20FN5OS. The zero-order valence-corrected chi connectivity index (χ0v) is 16.0. The molecule has 0 spiro atoms. The van der Waals surface area contributed by atoms with Gasteiger partial charge in [-0.3, -0.25) is 4.79 Å². The highest BCUT2D eigenvalue weighted by molar-refractivity contribution is 7.99. The molecule has 1 aromatic carbocycles. The van der Waals surface area contributed by atoms with Crippen molar-refractivity contribution in [2.45, 2.75) is 44.0 Å². The molecule has 1 unspecified atom stereocenters. The summed E-state index contributed by atoms with van der Waals surface area (Å²) in [6, 6.07) is 4.65. The van der Waals surface area contributed by atoms with E-state index in [9.17, 15) is 9.18 Å². The van der Waals surface area contributed by atoms with Gasteiger partial charge in [-0.15, -0.1) is 11.8 Å². The molecule has 0 saturated carbocycles. The zero-order valence-electron chi connectivity index (χ0n) is 15.2. The molecule has 27 heavy (non-hydrogen) atoms. The van der Waals surface area contributed by atoms with Crippen molar-refractivity contribution in [3.05, 3.63) is 52.9 Å². The average molecular weight is 385 g/mol. The Morgan fingerprint density at radius 2 is 2.26 bits per heavy atom. The fourth-order valence-electron chi connectivity index (χ4n) is 3.54. The monoisotopic (exact) mass is 385 g/mol. The van der Waals surface area contributed by atoms with Crippen molar-refractivity contribution in [2.75, 3.05) is 5.75 Å². The molecule has 8 heteroatoms. The molecular weight excluding hydrogens is 365 g/mol. The van der Waals surface area contributed by atoms with E-state index in [4.69, 9.17) is 0 Å². The fraction of sp³-hybridized carbons (Fsp3) is 0.368. The number of halogens is 1. The van der Waals surface area contributed by atoms with Crippen LogP contribution in [-0.4, -0.2) is 31.2 Å². The minimum atomic E-state index is -0.269. The van der Waals surface area contributed by atoms with Gasteiger partial charge in [-0.2, -0.15) is 10.1 Å². The van der Waals surface area contributed by atoms with Gasteiger partial charge < -0.3 is 5.32 Å². The van der Waals surface area contributed by atoms with Crippen LogP contribution in [0.5, 0.6) is 0 Å². The Bertz CT molecular complexity index is 1020. The normalized spacial score (nSPS) is 16.3. The number of nitrogens with one attached hydrogen (secondary N) is 1. The van der Waals surface area contributed by atoms with E-state index in [2.05, 4.69) is 20.4 Å². The van der Waals surface area contributed by atoms with E-state index in [-0.39, 0.29) is 17.8 Å². The quantitative estimate of drug-likeness (QED) is 0.747. The minimum absolute atomic E-state index is 0.0420. The molecule has 3 aromatic rings. The maximum Gasteiger partial charge on any atom is 0.252 e. The molecule has 1 atom stereocenters. The molecule has 0 saturated heterocycles. The highest BCUT2D eigenvalue weighted by atomic mass is 32.2. The van der Waals surface area contributed by atoms with Gasteiger partial charge in [-0.1, -0.05) is 0 Å². The van der Waals surface area contributed by atoms with Crippen LogP contribution in [0.4, 0.5) is 4.39 Å². The van der Waals surface area contributed by atoms with Crippen molar-refractivity contribution >= 4 is 23.4 Å². The fourth-order valence-corrected chi connectivity index (χ4v) is 4.64. The lowest BCUT2D eigenvalue weighted by atomic mass is 10.0. The maximum absolute atomic E-state index is 13.6. The van der Waals surface area contributed by atoms with Gasteiger partial charge in [0.1, 0.15) is 12.1 Å². The molecule has 1 aliphatic rings. The van der Waals surface area contributed by atoms with Gasteiger partial charge in [0.2, 0.25) is 5.91 Å². The van der Waals surface area contributed by atoms with Crippen molar-refractivity contribution in [3.8, 4) is 0 Å². The lowest BCUT2D eigenvalue weighted by molar-refractivity contribution is -0.121. The molecule has 0 aliphatic carbocycles. The Hall–Kier alpha value is -2.48. The molecule has 3 heterocycles. The number of carbonyl (C=O) groups is 1. The Morgan fingerprint density at radius 3 is 3.11 bits per heavy atom. The lowest BCUT2D eigenvalue weighted by Gasteiger charge is -2.26. The Kier molecular flexibility index (Phi) is 4.82. The Morgan fingerprint density at radius 1 is 1.41 bits per heavy atom. The molecule has 140 valence electrons. The maximum atomic E-state index is 13.6. The zero-order chi connectivity index (χ0) is 19.0. The minimum Gasteiger partial charge on any atom is -0.349 e. The molecule has 1 aliphatic heterocycles. The third-order valence-electron chi connectivity index (χ3n) is 4.94. The van der Waals surface area contributed by atoms with Gasteiger partial charge >= 0.3 is 0 Å². The largest absolute Gasteiger partial charge is 0.349 e. The number of hydrogen-bond donors (Lipinski definition) is 1. The molecule has 6 nitrogen and oxygen atoms in total. The van der Waals surface area contributed by atoms with Gasteiger partial charge in [0, 0.05) is 28.5 Å². The molecule has 0 radical (unpaired) electrons. The van der Waals surface area contributed by atoms with Gasteiger partial charge in [-0.25, -0.2) is 13.9 Å². The van der Waals surface area contributed by atoms with Crippen molar-refractivity contribution in [1.82, 2.24) is 24.9 Å². The van der Waals surface area contributed by atoms with Crippen molar-refractivity contribution in [1.29, 1.82) is 0 Å². The molecule has 2 aromatic heterocycles. The van der Waals surface area contributed by atoms with Crippen LogP contribution in [0.1, 0.15) is 41.4 Å². The van der Waals surface area contributed by atoms with Crippen LogP contribution in [0, 0.1) is 19.7 Å². The van der Waals surface area contributed by atoms with Crippen molar-refractivity contribution in [2.24, 2.45) is 0 Å². The lowest BCUT2D eigenvalue weighted by Crippen LogP contribution is -2.31. The van der Waals surface area contributed by atoms with Gasteiger partial charge in [0.05, 0.1) is 6.04 Å². The van der Waals surface area contributed by atoms with Gasteiger partial charge in [-0.05, 0) is 56.0 Å². The smallest absolute Gasteiger partial charge is 0.252 e. The number of benzene rings is 1. The van der Waals surface area contributed by atoms with E-state index in [1.807, 2.05) is 13.8 Å². The number of nitrogens with zero attached hydrogens (tertiary/aromatic N) is 4. The van der Waals surface area contributed by atoms with Crippen LogP contribution in [0.25, 0.3) is 5.78 Å². The number of hydrogen-bond acceptors (Lipinski definition) is 5. The molecule has 0 bridgehead atoms. The number of fused-ring (bicyclic) bond motifs is 2. The summed E-state index contributed by atoms with van der Waals surface area (Å²) in [6.07, 6.45) is 3.20. The summed E-state index contributed by atoms with van der Waals surface area (Å²) in [6.45, 7) is 3.88. The summed E-state index contributed by atoms with van der Waals surface area (Å²) in [5.41, 5.74) is 3.69. The predicted molar refractivity (Wildman–Crippen MR) is 101 cm³/mol. The van der Waals surface area contributed by atoms with Crippen LogP contribution in [0.15, 0.2) is 29.4 Å². The predicted octanol–water partition coefficient (Wildman–Crippen LogP) is 3.17. The van der Waals surface area contributed by atoms with Crippen LogP contribution in [-0.2, 0) is 11.2 Å². The van der Waals surface area contributed by atoms with E-state index >= 15 is 0 Å². The first-order valence-corrected chi connectivity index (χ1v) is 9.89. The van der Waals surface area contributed by atoms with Gasteiger partial charge in [0.15, 0.2) is 0 Å². The highest BCUT2D eigenvalue weighted by Gasteiger charge is 2.23. The standard InChI is InChI=1S/C19H20FN5OS/c1-11-14(12(2)25-19(23-11)21-10-22-25)4-6-18(26)24-16-7-8-27-17-5-3-13(20)9-15(16)17/h3,5,9-10,16H,4,6-8H2,1-2H3,(H,24,26). The first-order chi connectivity index (χ1) is 13.0. The van der Waals surface area contributed by atoms with Crippen LogP contribution >= 0.6 is 11.8 Å². The van der Waals surface area contributed by atoms with E-state index in [0.717, 1.165) is 39.6 Å². The summed E-state index contributed by atoms with van der Waals surface area (Å²) in [4.78, 5) is 22.1. The average Bonchev–Trinajstić information content (AvgIpc) is 3.10. The van der Waals surface area contributed by atoms with Crippen LogP contribution in [0.3, 0.4) is 0 Å². The first kappa shape index (κ1) is 17.9. The van der Waals surface area contributed by atoms with Crippen LogP contribution in [0.2, 0.25) is 0 Å². The second-order valence-electron chi connectivity index (χ2n) is 6.67. The van der Waals surface area contributed by atoms with Crippen LogP contribution < -0.4 is 5.32 Å². The SMILES string of the molecule is Cc1nc2ncnn2c(C)c1CCC(=O)NC1CCSc2ccc(F)cc21. The van der Waals surface area contributed by atoms with E-state index < -0.39 is 0 Å². The number of carbonyl (C=O) groups excluding carboxylic acids is 1. The molecule has 1 N–H and O–H groups in total. The third kappa shape index (κ3) is 3.53. The van der Waals surface area contributed by atoms with E-state index in [0.29, 0.717) is 18.6 Å². The van der Waals surface area contributed by atoms with Gasteiger partial charge in [0.25, 0.3) is 5.78 Å². The number of aryl methyl sites for hydroxylation is 2. The number of amides is 1. The summed E-state index contributed by atoms with van der Waals surface area (Å²) in [7, 11) is 0. The Balaban J connectivity index is 1.46. The number of aromatic nitrogens is 4. The third-order valence-corrected chi connectivity index (χ3v) is 6.06. The van der Waals surface area contributed by atoms with Crippen molar-refractivity contribution < 1.29 is 9.18 Å². The number of rotatable bonds is 4. The molecule has 1 amide bonds. The summed E-state index contributed by atoms with van der Waals surface area (Å²) in [5.74, 6) is 1.17. The summed E-state index contributed by atoms with van der Waals surface area (Å²) >= 11 is 1.70. The second-order valence-corrected chi connectivity index (χ2v) is 7.81. The van der Waals surface area contributed by atoms with Crippen molar-refractivity contribution in [3.63, 3.8) is 0 Å². The highest BCUT2D eigenvalue weighted by Crippen LogP contribution is 2.36. The first-order valence-electron chi connectivity index (χ1n) is 8.90. The summed E-state index contributed by atoms with van der Waals surface area (Å²) in [5, 5.41) is 7.25. The topological polar surface area (TPSA) is 72.2 Å². The summed E-state index contributed by atoms with van der Waals surface area (Å²) < 4.78 is 15.3. The molecule has 0 fully saturated rings.